The summed E-state index contributed by atoms with van der Waals surface area (Å²) in [6.45, 7) is 3.89. The van der Waals surface area contributed by atoms with Gasteiger partial charge in [0.1, 0.15) is 12.7 Å². The lowest BCUT2D eigenvalue weighted by Gasteiger charge is -2.20. The Labute approximate surface area is 387 Å². The van der Waals surface area contributed by atoms with Gasteiger partial charge < -0.3 is 34.4 Å². The number of aliphatic hydroxyl groups is 2. The van der Waals surface area contributed by atoms with E-state index >= 15 is 0 Å². The van der Waals surface area contributed by atoms with Gasteiger partial charge in [-0.2, -0.15) is 0 Å². The lowest BCUT2D eigenvalue weighted by molar-refractivity contribution is -0.161. The molecule has 0 rings (SSSR count). The van der Waals surface area contributed by atoms with Crippen LogP contribution in [-0.2, 0) is 41.8 Å². The molecular formula is C48H90O14P2. The van der Waals surface area contributed by atoms with Crippen molar-refractivity contribution in [1.82, 2.24) is 0 Å². The quantitative estimate of drug-likeness (QED) is 0.0126. The number of rotatable bonds is 46. The van der Waals surface area contributed by atoms with E-state index in [2.05, 4.69) is 24.4 Å². The molecule has 0 fully saturated rings. The maximum Gasteiger partial charge on any atom is 0.472 e. The number of unbranched alkanes of at least 4 members (excludes halogenated alkanes) is 22. The number of carbonyl (C=O) groups excluding carboxylic acids is 2. The molecule has 0 bridgehead atoms. The third-order valence-electron chi connectivity index (χ3n) is 10.5. The molecule has 0 heterocycles. The largest absolute Gasteiger partial charge is 0.472 e. The van der Waals surface area contributed by atoms with Crippen LogP contribution < -0.4 is 0 Å². The van der Waals surface area contributed by atoms with Gasteiger partial charge >= 0.3 is 27.6 Å². The predicted molar refractivity (Wildman–Crippen MR) is 254 cm³/mol. The molecule has 0 radical (unpaired) electrons. The molecule has 0 saturated heterocycles. The fourth-order valence-electron chi connectivity index (χ4n) is 6.81. The summed E-state index contributed by atoms with van der Waals surface area (Å²) >= 11 is 0. The lowest BCUT2D eigenvalue weighted by atomic mass is 10.0. The van der Waals surface area contributed by atoms with Crippen LogP contribution in [0.2, 0.25) is 0 Å². The minimum atomic E-state index is -4.87. The Bertz CT molecular complexity index is 1300. The van der Waals surface area contributed by atoms with Crippen molar-refractivity contribution in [2.75, 3.05) is 26.4 Å². The second kappa shape index (κ2) is 42.6. The Morgan fingerprint density at radius 1 is 0.547 bits per heavy atom. The second-order valence-corrected chi connectivity index (χ2v) is 20.1. The van der Waals surface area contributed by atoms with Gasteiger partial charge in [-0.05, 0) is 44.4 Å². The number of hydrogen-bond acceptors (Lipinski definition) is 11. The molecule has 0 spiro atoms. The summed E-state index contributed by atoms with van der Waals surface area (Å²) in [4.78, 5) is 52.8. The van der Waals surface area contributed by atoms with Gasteiger partial charge in [0, 0.05) is 12.8 Å². The first-order valence-electron chi connectivity index (χ1n) is 24.6. The topological polar surface area (TPSA) is 216 Å². The molecule has 5 N–H and O–H groups in total. The molecule has 376 valence electrons. The minimum Gasteiger partial charge on any atom is -0.462 e. The SMILES string of the molecule is CC/C=C/CC(O)/C=C/C=C/CCCCCCCC(=O)O[C@H](COC(=O)CCCCCCCCCCCCCCCCCCCCC(C)C)COP(=O)(O)OC[C@@H](O)COP(=O)(O)O. The highest BCUT2D eigenvalue weighted by Crippen LogP contribution is 2.44. The van der Waals surface area contributed by atoms with E-state index in [0.29, 0.717) is 19.3 Å². The Balaban J connectivity index is 4.43. The fourth-order valence-corrected chi connectivity index (χ4v) is 7.96. The van der Waals surface area contributed by atoms with Crippen LogP contribution in [0.1, 0.15) is 207 Å². The van der Waals surface area contributed by atoms with E-state index in [1.165, 1.54) is 96.3 Å². The minimum absolute atomic E-state index is 0.0863. The molecule has 0 aromatic heterocycles. The van der Waals surface area contributed by atoms with Gasteiger partial charge in [0.05, 0.1) is 25.9 Å². The highest BCUT2D eigenvalue weighted by atomic mass is 31.2. The zero-order valence-corrected chi connectivity index (χ0v) is 41.7. The third-order valence-corrected chi connectivity index (χ3v) is 12.0. The highest BCUT2D eigenvalue weighted by Gasteiger charge is 2.28. The Kier molecular flexibility index (Phi) is 41.5. The van der Waals surface area contributed by atoms with Crippen molar-refractivity contribution in [3.05, 3.63) is 36.5 Å². The van der Waals surface area contributed by atoms with E-state index in [1.807, 2.05) is 31.2 Å². The Hall–Kier alpha value is -1.70. The highest BCUT2D eigenvalue weighted by molar-refractivity contribution is 7.47. The van der Waals surface area contributed by atoms with E-state index in [4.69, 9.17) is 28.3 Å². The van der Waals surface area contributed by atoms with Crippen molar-refractivity contribution in [3.63, 3.8) is 0 Å². The van der Waals surface area contributed by atoms with E-state index in [0.717, 1.165) is 63.7 Å². The van der Waals surface area contributed by atoms with Gasteiger partial charge in [-0.3, -0.25) is 23.2 Å². The maximum atomic E-state index is 12.7. The van der Waals surface area contributed by atoms with Gasteiger partial charge in [0.25, 0.3) is 0 Å². The number of hydrogen-bond donors (Lipinski definition) is 5. The number of ether oxygens (including phenoxy) is 2. The molecule has 2 unspecified atom stereocenters. The van der Waals surface area contributed by atoms with E-state index in [9.17, 15) is 33.8 Å². The standard InChI is InChI=1S/C48H90O14P2/c1-4-5-29-35-44(49)36-31-26-22-18-16-20-24-28-33-38-48(52)62-46(42-61-64(56,57)60-40-45(50)39-59-63(53,54)55)41-58-47(51)37-32-27-23-19-15-13-11-9-7-6-8-10-12-14-17-21-25-30-34-43(2)3/h5,22,26,29,31,36,43-46,49-50H,4,6-21,23-25,27-28,30,32-35,37-42H2,1-3H3,(H,56,57)(H2,53,54,55)/b26-22+,29-5+,36-31+/t44?,45-,46+/m0/s1. The maximum absolute atomic E-state index is 12.7. The lowest BCUT2D eigenvalue weighted by Crippen LogP contribution is -2.30. The van der Waals surface area contributed by atoms with Crippen LogP contribution in [-0.4, -0.2) is 81.6 Å². The molecule has 0 saturated carbocycles. The van der Waals surface area contributed by atoms with Gasteiger partial charge in [0.15, 0.2) is 6.10 Å². The van der Waals surface area contributed by atoms with Crippen LogP contribution in [0.5, 0.6) is 0 Å². The number of esters is 2. The zero-order chi connectivity index (χ0) is 47.6. The first kappa shape index (κ1) is 62.3. The summed E-state index contributed by atoms with van der Waals surface area (Å²) < 4.78 is 47.9. The monoisotopic (exact) mass is 953 g/mol. The van der Waals surface area contributed by atoms with Crippen molar-refractivity contribution in [1.29, 1.82) is 0 Å². The summed E-state index contributed by atoms with van der Waals surface area (Å²) in [5.74, 6) is -0.246. The molecule has 64 heavy (non-hydrogen) atoms. The van der Waals surface area contributed by atoms with Gasteiger partial charge in [0.2, 0.25) is 0 Å². The van der Waals surface area contributed by atoms with E-state index in [-0.39, 0.29) is 12.8 Å². The molecule has 0 amide bonds. The van der Waals surface area contributed by atoms with Crippen molar-refractivity contribution in [3.8, 4) is 0 Å². The number of phosphoric acid groups is 2. The predicted octanol–water partition coefficient (Wildman–Crippen LogP) is 12.1. The average molecular weight is 953 g/mol. The second-order valence-electron chi connectivity index (χ2n) is 17.4. The van der Waals surface area contributed by atoms with Crippen LogP contribution in [0.3, 0.4) is 0 Å². The average Bonchev–Trinajstić information content (AvgIpc) is 3.24. The van der Waals surface area contributed by atoms with E-state index in [1.54, 1.807) is 6.08 Å². The Morgan fingerprint density at radius 2 is 1.02 bits per heavy atom. The summed E-state index contributed by atoms with van der Waals surface area (Å²) in [7, 11) is -9.70. The van der Waals surface area contributed by atoms with Crippen LogP contribution in [0.4, 0.5) is 0 Å². The van der Waals surface area contributed by atoms with Crippen molar-refractivity contribution >= 4 is 27.6 Å². The molecule has 14 nitrogen and oxygen atoms in total. The van der Waals surface area contributed by atoms with Gasteiger partial charge in [-0.15, -0.1) is 0 Å². The number of aliphatic hydroxyl groups excluding tert-OH is 2. The molecular weight excluding hydrogens is 862 g/mol. The Morgan fingerprint density at radius 3 is 1.53 bits per heavy atom. The molecule has 4 atom stereocenters. The molecule has 0 aromatic rings. The summed E-state index contributed by atoms with van der Waals surface area (Å²) in [5, 5.41) is 19.7. The van der Waals surface area contributed by atoms with Crippen molar-refractivity contribution < 1.29 is 66.7 Å². The van der Waals surface area contributed by atoms with Crippen LogP contribution >= 0.6 is 15.6 Å². The number of carbonyl (C=O) groups is 2. The van der Waals surface area contributed by atoms with Crippen LogP contribution in [0, 0.1) is 5.92 Å². The van der Waals surface area contributed by atoms with E-state index < -0.39 is 72.3 Å². The first-order valence-corrected chi connectivity index (χ1v) is 27.7. The van der Waals surface area contributed by atoms with Gasteiger partial charge in [-0.1, -0.05) is 192 Å². The summed E-state index contributed by atoms with van der Waals surface area (Å²) in [6.07, 6.45) is 39.0. The smallest absolute Gasteiger partial charge is 0.462 e. The fraction of sp³-hybridized carbons (Fsp3) is 0.833. The first-order chi connectivity index (χ1) is 30.6. The molecule has 0 aromatic carbocycles. The molecule has 0 aliphatic carbocycles. The molecule has 0 aliphatic rings. The van der Waals surface area contributed by atoms with Crippen LogP contribution in [0.15, 0.2) is 36.5 Å². The molecule has 0 aliphatic heterocycles. The summed E-state index contributed by atoms with van der Waals surface area (Å²) in [6, 6.07) is 0. The number of phosphoric ester groups is 2. The number of allylic oxidation sites excluding steroid dienone is 4. The van der Waals surface area contributed by atoms with Gasteiger partial charge in [-0.25, -0.2) is 9.13 Å². The zero-order valence-electron chi connectivity index (χ0n) is 39.9. The normalized spacial score (nSPS) is 14.8. The van der Waals surface area contributed by atoms with Crippen molar-refractivity contribution in [2.45, 2.75) is 225 Å². The summed E-state index contributed by atoms with van der Waals surface area (Å²) in [5.41, 5.74) is 0. The third kappa shape index (κ3) is 46.8. The van der Waals surface area contributed by atoms with Crippen LogP contribution in [0.25, 0.3) is 0 Å². The van der Waals surface area contributed by atoms with Crippen molar-refractivity contribution in [2.24, 2.45) is 5.92 Å². The molecule has 16 heteroatoms.